The molecule has 1 N–H and O–H groups in total. The molecule has 0 saturated carbocycles. The van der Waals surface area contributed by atoms with E-state index >= 15 is 0 Å². The van der Waals surface area contributed by atoms with E-state index in [0.29, 0.717) is 6.10 Å². The van der Waals surface area contributed by atoms with E-state index in [1.165, 1.54) is 25.9 Å². The Morgan fingerprint density at radius 1 is 1.00 bits per heavy atom. The molecule has 0 amide bonds. The Bertz CT molecular complexity index is 182. The summed E-state index contributed by atoms with van der Waals surface area (Å²) in [6.45, 7) is 5.07. The van der Waals surface area contributed by atoms with E-state index in [4.69, 9.17) is 14.6 Å². The molecule has 0 radical (unpaired) electrons. The predicted octanol–water partition coefficient (Wildman–Crippen LogP) is 1.67. The van der Waals surface area contributed by atoms with Gasteiger partial charge in [0.2, 0.25) is 0 Å². The van der Waals surface area contributed by atoms with Crippen LogP contribution in [-0.4, -0.2) is 62.7 Å². The molecular weight excluding hydrogens is 230 g/mol. The third kappa shape index (κ3) is 8.03. The highest BCUT2D eigenvalue weighted by molar-refractivity contribution is 4.69. The number of hydrogen-bond acceptors (Lipinski definition) is 4. The van der Waals surface area contributed by atoms with Crippen LogP contribution in [0.3, 0.4) is 0 Å². The molecule has 1 aliphatic heterocycles. The zero-order valence-electron chi connectivity index (χ0n) is 11.8. The molecule has 1 fully saturated rings. The number of hydrogen-bond donors (Lipinski definition) is 1. The fraction of sp³-hybridized carbons (Fsp3) is 1.00. The van der Waals surface area contributed by atoms with Crippen LogP contribution in [0, 0.1) is 0 Å². The number of piperidine rings is 1. The molecule has 0 unspecified atom stereocenters. The van der Waals surface area contributed by atoms with Crippen LogP contribution < -0.4 is 0 Å². The summed E-state index contributed by atoms with van der Waals surface area (Å²) in [5.74, 6) is 0. The van der Waals surface area contributed by atoms with E-state index in [2.05, 4.69) is 11.9 Å². The first-order valence-electron chi connectivity index (χ1n) is 7.31. The number of rotatable bonds is 10. The Morgan fingerprint density at radius 3 is 2.28 bits per heavy atom. The zero-order valence-corrected chi connectivity index (χ0v) is 11.8. The summed E-state index contributed by atoms with van der Waals surface area (Å²) in [6, 6.07) is 0. The highest BCUT2D eigenvalue weighted by Crippen LogP contribution is 2.12. The maximum Gasteiger partial charge on any atom is 0.0599 e. The van der Waals surface area contributed by atoms with Crippen molar-refractivity contribution in [3.63, 3.8) is 0 Å². The molecule has 0 spiro atoms. The van der Waals surface area contributed by atoms with Gasteiger partial charge in [0.15, 0.2) is 0 Å². The van der Waals surface area contributed by atoms with E-state index in [1.807, 2.05) is 0 Å². The van der Waals surface area contributed by atoms with Gasteiger partial charge >= 0.3 is 0 Å². The molecule has 1 rings (SSSR count). The van der Waals surface area contributed by atoms with Crippen LogP contribution in [0.15, 0.2) is 0 Å². The van der Waals surface area contributed by atoms with Crippen molar-refractivity contribution in [1.29, 1.82) is 0 Å². The van der Waals surface area contributed by atoms with E-state index in [-0.39, 0.29) is 6.61 Å². The summed E-state index contributed by atoms with van der Waals surface area (Å²) in [4.78, 5) is 2.36. The van der Waals surface area contributed by atoms with Gasteiger partial charge in [-0.15, -0.1) is 0 Å². The smallest absolute Gasteiger partial charge is 0.0599 e. The molecule has 108 valence electrons. The van der Waals surface area contributed by atoms with Gasteiger partial charge in [-0.05, 0) is 45.6 Å². The average molecular weight is 259 g/mol. The second-order valence-electron chi connectivity index (χ2n) is 5.12. The number of unbranched alkanes of at least 4 members (excludes halogenated alkanes) is 2. The number of aliphatic hydroxyl groups excluding tert-OH is 1. The van der Waals surface area contributed by atoms with Crippen LogP contribution in [0.5, 0.6) is 0 Å². The number of ether oxygens (including phenoxy) is 2. The molecular formula is C14H29NO3. The van der Waals surface area contributed by atoms with Gasteiger partial charge in [-0.2, -0.15) is 0 Å². The van der Waals surface area contributed by atoms with Crippen molar-refractivity contribution in [3.8, 4) is 0 Å². The first kappa shape index (κ1) is 15.9. The largest absolute Gasteiger partial charge is 0.396 e. The average Bonchev–Trinajstić information content (AvgIpc) is 2.39. The van der Waals surface area contributed by atoms with Crippen molar-refractivity contribution in [2.45, 2.75) is 44.6 Å². The third-order valence-corrected chi connectivity index (χ3v) is 3.40. The quantitative estimate of drug-likeness (QED) is 0.606. The van der Waals surface area contributed by atoms with Crippen molar-refractivity contribution < 1.29 is 14.6 Å². The zero-order chi connectivity index (χ0) is 13.1. The van der Waals surface area contributed by atoms with Crippen LogP contribution in [0.2, 0.25) is 0 Å². The molecule has 1 aliphatic rings. The van der Waals surface area contributed by atoms with Crippen molar-refractivity contribution >= 4 is 0 Å². The van der Waals surface area contributed by atoms with Gasteiger partial charge in [0, 0.05) is 39.5 Å². The maximum absolute atomic E-state index is 8.60. The first-order chi connectivity index (χ1) is 8.83. The van der Waals surface area contributed by atoms with Crippen molar-refractivity contribution in [1.82, 2.24) is 4.90 Å². The molecule has 0 aromatic carbocycles. The summed E-state index contributed by atoms with van der Waals surface area (Å²) in [5, 5.41) is 8.60. The van der Waals surface area contributed by atoms with Crippen molar-refractivity contribution in [3.05, 3.63) is 0 Å². The minimum absolute atomic E-state index is 0.272. The lowest BCUT2D eigenvalue weighted by Gasteiger charge is -2.28. The minimum atomic E-state index is 0.272. The molecule has 4 heteroatoms. The van der Waals surface area contributed by atoms with Gasteiger partial charge in [-0.3, -0.25) is 0 Å². The summed E-state index contributed by atoms with van der Waals surface area (Å²) in [6.07, 6.45) is 6.80. The van der Waals surface area contributed by atoms with Crippen LogP contribution in [0.1, 0.15) is 38.5 Å². The summed E-state index contributed by atoms with van der Waals surface area (Å²) in [7, 11) is 2.17. The van der Waals surface area contributed by atoms with Gasteiger partial charge < -0.3 is 19.5 Å². The van der Waals surface area contributed by atoms with Gasteiger partial charge in [0.05, 0.1) is 6.10 Å². The fourth-order valence-corrected chi connectivity index (χ4v) is 2.13. The molecule has 18 heavy (non-hydrogen) atoms. The lowest BCUT2D eigenvalue weighted by Crippen LogP contribution is -2.34. The van der Waals surface area contributed by atoms with Gasteiger partial charge in [-0.25, -0.2) is 0 Å². The molecule has 0 bridgehead atoms. The molecule has 0 atom stereocenters. The highest BCUT2D eigenvalue weighted by atomic mass is 16.5. The number of aliphatic hydroxyl groups is 1. The van der Waals surface area contributed by atoms with E-state index in [9.17, 15) is 0 Å². The molecule has 1 heterocycles. The summed E-state index contributed by atoms with van der Waals surface area (Å²) >= 11 is 0. The van der Waals surface area contributed by atoms with Gasteiger partial charge in [-0.1, -0.05) is 0 Å². The molecule has 4 nitrogen and oxygen atoms in total. The van der Waals surface area contributed by atoms with Crippen LogP contribution in [0.4, 0.5) is 0 Å². The second-order valence-corrected chi connectivity index (χ2v) is 5.12. The van der Waals surface area contributed by atoms with E-state index in [1.54, 1.807) is 0 Å². The van der Waals surface area contributed by atoms with E-state index in [0.717, 1.165) is 45.5 Å². The Labute approximate surface area is 111 Å². The normalized spacial score (nSPS) is 18.3. The Morgan fingerprint density at radius 2 is 1.61 bits per heavy atom. The van der Waals surface area contributed by atoms with Crippen molar-refractivity contribution in [2.75, 3.05) is 46.6 Å². The lowest BCUT2D eigenvalue weighted by atomic mass is 10.1. The van der Waals surface area contributed by atoms with Crippen LogP contribution in [-0.2, 0) is 9.47 Å². The Hall–Kier alpha value is -0.160. The van der Waals surface area contributed by atoms with Gasteiger partial charge in [0.1, 0.15) is 0 Å². The monoisotopic (exact) mass is 259 g/mol. The SMILES string of the molecule is CN1CCC(OCCCCOCCCCO)CC1. The van der Waals surface area contributed by atoms with Gasteiger partial charge in [0.25, 0.3) is 0 Å². The lowest BCUT2D eigenvalue weighted by molar-refractivity contribution is 0.00798. The van der Waals surface area contributed by atoms with Crippen molar-refractivity contribution in [2.24, 2.45) is 0 Å². The highest BCUT2D eigenvalue weighted by Gasteiger charge is 2.16. The predicted molar refractivity (Wildman–Crippen MR) is 72.8 cm³/mol. The maximum atomic E-state index is 8.60. The second kappa shape index (κ2) is 10.7. The number of likely N-dealkylation sites (tertiary alicyclic amines) is 1. The Balaban J connectivity index is 1.78. The summed E-state index contributed by atoms with van der Waals surface area (Å²) < 4.78 is 11.3. The third-order valence-electron chi connectivity index (χ3n) is 3.40. The van der Waals surface area contributed by atoms with Crippen LogP contribution in [0.25, 0.3) is 0 Å². The molecule has 0 aromatic rings. The first-order valence-corrected chi connectivity index (χ1v) is 7.31. The molecule has 1 saturated heterocycles. The summed E-state index contributed by atoms with van der Waals surface area (Å²) in [5.41, 5.74) is 0. The fourth-order valence-electron chi connectivity index (χ4n) is 2.13. The van der Waals surface area contributed by atoms with Crippen LogP contribution >= 0.6 is 0 Å². The topological polar surface area (TPSA) is 41.9 Å². The molecule has 0 aliphatic carbocycles. The minimum Gasteiger partial charge on any atom is -0.396 e. The van der Waals surface area contributed by atoms with E-state index < -0.39 is 0 Å². The molecule has 0 aromatic heterocycles. The Kier molecular flexibility index (Phi) is 9.48. The standard InChI is InChI=1S/C14H29NO3/c1-15-8-6-14(7-9-15)18-13-5-4-12-17-11-3-2-10-16/h14,16H,2-13H2,1H3. The number of nitrogens with zero attached hydrogens (tertiary/aromatic N) is 1.